The van der Waals surface area contributed by atoms with E-state index in [0.29, 0.717) is 0 Å². The monoisotopic (exact) mass is 272 g/mol. The number of halogens is 2. The molecule has 102 valence electrons. The molecule has 0 radical (unpaired) electrons. The van der Waals surface area contributed by atoms with E-state index in [2.05, 4.69) is 4.74 Å². The molecule has 5 nitrogen and oxygen atoms in total. The third-order valence-corrected chi connectivity index (χ3v) is 2.06. The van der Waals surface area contributed by atoms with Crippen molar-refractivity contribution in [3.05, 3.63) is 29.8 Å². The smallest absolute Gasteiger partial charge is 0.387 e. The molecule has 0 heterocycles. The minimum absolute atomic E-state index is 0.0465. The highest BCUT2D eigenvalue weighted by Gasteiger charge is 2.14. The Hall–Kier alpha value is -2.44. The molecule has 1 rings (SSSR count). The van der Waals surface area contributed by atoms with Crippen molar-refractivity contribution < 1.29 is 33.0 Å². The largest absolute Gasteiger partial charge is 0.493 e. The molecule has 0 amide bonds. The number of aliphatic carboxylic acids is 1. The maximum atomic E-state index is 12.3. The maximum absolute atomic E-state index is 12.3. The number of carbonyl (C=O) groups is 2. The standard InChI is InChI=1S/C12H10F2O5/c1-18-9-4-2-3-7(10(9)19-12(13)14)5-6-8(15)11(16)17/h2-6,12H,1H3,(H,16,17)/b6-5+. The lowest BCUT2D eigenvalue weighted by Crippen LogP contribution is -2.08. The summed E-state index contributed by atoms with van der Waals surface area (Å²) in [7, 11) is 1.27. The van der Waals surface area contributed by atoms with Crippen LogP contribution in [0.3, 0.4) is 0 Å². The molecule has 0 spiro atoms. The predicted molar refractivity (Wildman–Crippen MR) is 61.3 cm³/mol. The molecule has 0 bridgehead atoms. The number of carboxylic acid groups (broad SMARTS) is 1. The second-order valence-electron chi connectivity index (χ2n) is 3.26. The van der Waals surface area contributed by atoms with Crippen molar-refractivity contribution >= 4 is 17.8 Å². The van der Waals surface area contributed by atoms with Crippen molar-refractivity contribution in [2.45, 2.75) is 6.61 Å². The Labute approximate surface area is 107 Å². The molecule has 0 saturated heterocycles. The van der Waals surface area contributed by atoms with E-state index >= 15 is 0 Å². The van der Waals surface area contributed by atoms with Gasteiger partial charge in [-0.05, 0) is 18.2 Å². The number of rotatable bonds is 6. The summed E-state index contributed by atoms with van der Waals surface area (Å²) in [6.07, 6.45) is 1.81. The molecule has 0 aliphatic rings. The van der Waals surface area contributed by atoms with E-state index in [1.54, 1.807) is 0 Å². The summed E-state index contributed by atoms with van der Waals surface area (Å²) in [6.45, 7) is -3.07. The molecule has 0 unspecified atom stereocenters. The molecule has 0 fully saturated rings. The Balaban J connectivity index is 3.12. The molecule has 1 aromatic carbocycles. The predicted octanol–water partition coefficient (Wildman–Crippen LogP) is 1.96. The van der Waals surface area contributed by atoms with Crippen LogP contribution in [0.4, 0.5) is 8.78 Å². The van der Waals surface area contributed by atoms with Crippen molar-refractivity contribution in [3.63, 3.8) is 0 Å². The molecule has 19 heavy (non-hydrogen) atoms. The molecular weight excluding hydrogens is 262 g/mol. The van der Waals surface area contributed by atoms with Gasteiger partial charge in [-0.1, -0.05) is 12.1 Å². The Morgan fingerprint density at radius 1 is 1.37 bits per heavy atom. The summed E-state index contributed by atoms with van der Waals surface area (Å²) in [5, 5.41) is 8.40. The topological polar surface area (TPSA) is 72.8 Å². The number of ether oxygens (including phenoxy) is 2. The lowest BCUT2D eigenvalue weighted by atomic mass is 10.1. The molecule has 1 aromatic rings. The van der Waals surface area contributed by atoms with Crippen molar-refractivity contribution in [2.75, 3.05) is 7.11 Å². The van der Waals surface area contributed by atoms with E-state index in [1.807, 2.05) is 0 Å². The Kier molecular flexibility index (Phi) is 4.99. The zero-order valence-electron chi connectivity index (χ0n) is 9.80. The van der Waals surface area contributed by atoms with Gasteiger partial charge in [-0.25, -0.2) is 4.79 Å². The van der Waals surface area contributed by atoms with Gasteiger partial charge >= 0.3 is 12.6 Å². The van der Waals surface area contributed by atoms with Crippen LogP contribution in [0.2, 0.25) is 0 Å². The molecule has 0 saturated carbocycles. The van der Waals surface area contributed by atoms with Gasteiger partial charge in [0.15, 0.2) is 11.5 Å². The zero-order valence-corrected chi connectivity index (χ0v) is 9.80. The number of para-hydroxylation sites is 1. The van der Waals surface area contributed by atoms with E-state index in [1.165, 1.54) is 25.3 Å². The van der Waals surface area contributed by atoms with E-state index in [0.717, 1.165) is 12.2 Å². The first-order valence-electron chi connectivity index (χ1n) is 5.03. The lowest BCUT2D eigenvalue weighted by molar-refractivity contribution is -0.146. The van der Waals surface area contributed by atoms with Crippen molar-refractivity contribution in [1.82, 2.24) is 0 Å². The highest BCUT2D eigenvalue weighted by molar-refractivity contribution is 6.38. The maximum Gasteiger partial charge on any atom is 0.387 e. The van der Waals surface area contributed by atoms with Gasteiger partial charge in [0.2, 0.25) is 0 Å². The van der Waals surface area contributed by atoms with Crippen LogP contribution >= 0.6 is 0 Å². The SMILES string of the molecule is COc1cccc(/C=C/C(=O)C(=O)O)c1OC(F)F. The highest BCUT2D eigenvalue weighted by Crippen LogP contribution is 2.33. The fraction of sp³-hybridized carbons (Fsp3) is 0.167. The number of alkyl halides is 2. The summed E-state index contributed by atoms with van der Waals surface area (Å²) in [6, 6.07) is 4.27. The number of hydrogen-bond acceptors (Lipinski definition) is 4. The number of carbonyl (C=O) groups excluding carboxylic acids is 1. The average Bonchev–Trinajstić information content (AvgIpc) is 2.36. The van der Waals surface area contributed by atoms with Crippen LogP contribution in [-0.4, -0.2) is 30.6 Å². The minimum atomic E-state index is -3.07. The first-order valence-corrected chi connectivity index (χ1v) is 5.03. The summed E-state index contributed by atoms with van der Waals surface area (Å²) in [5.41, 5.74) is 0.106. The van der Waals surface area contributed by atoms with Gasteiger partial charge in [-0.2, -0.15) is 8.78 Å². The van der Waals surface area contributed by atoms with E-state index in [9.17, 15) is 18.4 Å². The van der Waals surface area contributed by atoms with Gasteiger partial charge in [0.05, 0.1) is 7.11 Å². The van der Waals surface area contributed by atoms with Crippen LogP contribution in [-0.2, 0) is 9.59 Å². The number of benzene rings is 1. The molecular formula is C12H10F2O5. The molecule has 0 atom stereocenters. The van der Waals surface area contributed by atoms with E-state index in [-0.39, 0.29) is 17.1 Å². The Bertz CT molecular complexity index is 511. The fourth-order valence-electron chi connectivity index (χ4n) is 1.28. The van der Waals surface area contributed by atoms with Crippen molar-refractivity contribution in [2.24, 2.45) is 0 Å². The quantitative estimate of drug-likeness (QED) is 0.633. The second-order valence-corrected chi connectivity index (χ2v) is 3.26. The minimum Gasteiger partial charge on any atom is -0.493 e. The van der Waals surface area contributed by atoms with Gasteiger partial charge in [0.25, 0.3) is 5.78 Å². The number of methoxy groups -OCH3 is 1. The first kappa shape index (κ1) is 14.6. The van der Waals surface area contributed by atoms with Gasteiger partial charge < -0.3 is 14.6 Å². The van der Waals surface area contributed by atoms with Crippen LogP contribution in [0.5, 0.6) is 11.5 Å². The van der Waals surface area contributed by atoms with Crippen LogP contribution < -0.4 is 9.47 Å². The van der Waals surface area contributed by atoms with Crippen LogP contribution in [0.15, 0.2) is 24.3 Å². The van der Waals surface area contributed by atoms with E-state index < -0.39 is 18.4 Å². The third-order valence-electron chi connectivity index (χ3n) is 2.06. The van der Waals surface area contributed by atoms with Gasteiger partial charge in [-0.3, -0.25) is 4.79 Å². The number of ketones is 1. The molecule has 7 heteroatoms. The fourth-order valence-corrected chi connectivity index (χ4v) is 1.28. The molecule has 0 aliphatic heterocycles. The van der Waals surface area contributed by atoms with Gasteiger partial charge in [-0.15, -0.1) is 0 Å². The van der Waals surface area contributed by atoms with Crippen LogP contribution in [0.25, 0.3) is 6.08 Å². The number of carboxylic acids is 1. The summed E-state index contributed by atoms with van der Waals surface area (Å²) >= 11 is 0. The zero-order chi connectivity index (χ0) is 14.4. The van der Waals surface area contributed by atoms with Crippen LogP contribution in [0.1, 0.15) is 5.56 Å². The Morgan fingerprint density at radius 3 is 2.58 bits per heavy atom. The van der Waals surface area contributed by atoms with E-state index in [4.69, 9.17) is 9.84 Å². The Morgan fingerprint density at radius 2 is 2.05 bits per heavy atom. The van der Waals surface area contributed by atoms with Gasteiger partial charge in [0.1, 0.15) is 0 Å². The normalized spacial score (nSPS) is 10.7. The van der Waals surface area contributed by atoms with Crippen molar-refractivity contribution in [1.29, 1.82) is 0 Å². The third kappa shape index (κ3) is 4.06. The van der Waals surface area contributed by atoms with Crippen LogP contribution in [0, 0.1) is 0 Å². The number of hydrogen-bond donors (Lipinski definition) is 1. The molecule has 1 N–H and O–H groups in total. The summed E-state index contributed by atoms with van der Waals surface area (Å²) < 4.78 is 33.7. The second kappa shape index (κ2) is 6.48. The van der Waals surface area contributed by atoms with Crippen molar-refractivity contribution in [3.8, 4) is 11.5 Å². The summed E-state index contributed by atoms with van der Waals surface area (Å²) in [4.78, 5) is 21.2. The summed E-state index contributed by atoms with van der Waals surface area (Å²) in [5.74, 6) is -3.04. The molecule has 0 aromatic heterocycles. The lowest BCUT2D eigenvalue weighted by Gasteiger charge is -2.12. The molecule has 0 aliphatic carbocycles. The first-order chi connectivity index (χ1) is 8.95. The highest BCUT2D eigenvalue weighted by atomic mass is 19.3. The van der Waals surface area contributed by atoms with Gasteiger partial charge in [0, 0.05) is 5.56 Å². The average molecular weight is 272 g/mol.